The fraction of sp³-hybridized carbons (Fsp3) is 0.462. The van der Waals surface area contributed by atoms with E-state index in [1.807, 2.05) is 0 Å². The summed E-state index contributed by atoms with van der Waals surface area (Å²) in [4.78, 5) is 34.3. The van der Waals surface area contributed by atoms with Crippen LogP contribution in [0.2, 0.25) is 0 Å². The van der Waals surface area contributed by atoms with E-state index in [4.69, 9.17) is 5.11 Å². The summed E-state index contributed by atoms with van der Waals surface area (Å²) in [7, 11) is 0. The molecule has 0 aromatic heterocycles. The number of carbonyl (C=O) groups is 3. The maximum absolute atomic E-state index is 12.0. The highest BCUT2D eigenvalue weighted by Gasteiger charge is 2.28. The molecule has 0 radical (unpaired) electrons. The highest BCUT2D eigenvalue weighted by molar-refractivity contribution is 6.24. The molecule has 0 amide bonds. The molecule has 5 nitrogen and oxygen atoms in total. The fourth-order valence-electron chi connectivity index (χ4n) is 1.86. The van der Waals surface area contributed by atoms with E-state index in [1.54, 1.807) is 20.8 Å². The van der Waals surface area contributed by atoms with Gasteiger partial charge in [0, 0.05) is 22.3 Å². The zero-order valence-electron chi connectivity index (χ0n) is 10.6. The molecule has 0 spiro atoms. The third-order valence-electron chi connectivity index (χ3n) is 3.26. The molecule has 0 saturated heterocycles. The number of aliphatic carboxylic acids is 1. The third kappa shape index (κ3) is 2.56. The molecule has 1 aliphatic rings. The Morgan fingerprint density at radius 2 is 1.56 bits per heavy atom. The van der Waals surface area contributed by atoms with Crippen LogP contribution >= 0.6 is 0 Å². The van der Waals surface area contributed by atoms with Gasteiger partial charge in [-0.1, -0.05) is 0 Å². The van der Waals surface area contributed by atoms with Crippen molar-refractivity contribution in [3.63, 3.8) is 0 Å². The minimum atomic E-state index is -1.51. The first-order chi connectivity index (χ1) is 8.27. The van der Waals surface area contributed by atoms with Crippen molar-refractivity contribution in [1.82, 2.24) is 0 Å². The van der Waals surface area contributed by atoms with Crippen molar-refractivity contribution in [2.45, 2.75) is 39.7 Å². The topological polar surface area (TPSA) is 91.7 Å². The first kappa shape index (κ1) is 14.3. The highest BCUT2D eigenvalue weighted by Crippen LogP contribution is 2.27. The van der Waals surface area contributed by atoms with Crippen molar-refractivity contribution < 1.29 is 24.6 Å². The lowest BCUT2D eigenvalue weighted by molar-refractivity contribution is -0.146. The molecule has 0 heterocycles. The zero-order chi connectivity index (χ0) is 14.0. The van der Waals surface area contributed by atoms with E-state index in [9.17, 15) is 19.5 Å². The van der Waals surface area contributed by atoms with Crippen LogP contribution in [0, 0.1) is 0 Å². The van der Waals surface area contributed by atoms with Crippen molar-refractivity contribution in [3.8, 4) is 0 Å². The van der Waals surface area contributed by atoms with Crippen LogP contribution in [0.5, 0.6) is 0 Å². The Morgan fingerprint density at radius 1 is 1.06 bits per heavy atom. The maximum Gasteiger partial charge on any atom is 0.332 e. The molecule has 0 aromatic rings. The van der Waals surface area contributed by atoms with Gasteiger partial charge in [0.15, 0.2) is 17.7 Å². The second-order valence-corrected chi connectivity index (χ2v) is 4.40. The Kier molecular flexibility index (Phi) is 4.19. The molecule has 1 rings (SSSR count). The van der Waals surface area contributed by atoms with Crippen LogP contribution in [0.1, 0.15) is 33.6 Å². The van der Waals surface area contributed by atoms with Gasteiger partial charge < -0.3 is 10.2 Å². The minimum absolute atomic E-state index is 0.0760. The summed E-state index contributed by atoms with van der Waals surface area (Å²) in [6.07, 6.45) is -1.50. The summed E-state index contributed by atoms with van der Waals surface area (Å²) < 4.78 is 0. The average molecular weight is 252 g/mol. The van der Waals surface area contributed by atoms with Crippen molar-refractivity contribution >= 4 is 17.5 Å². The zero-order valence-corrected chi connectivity index (χ0v) is 10.6. The quantitative estimate of drug-likeness (QED) is 0.729. The Bertz CT molecular complexity index is 482. The van der Waals surface area contributed by atoms with Crippen molar-refractivity contribution in [1.29, 1.82) is 0 Å². The van der Waals surface area contributed by atoms with E-state index in [0.29, 0.717) is 22.3 Å². The smallest absolute Gasteiger partial charge is 0.332 e. The number of allylic oxidation sites excluding steroid dienone is 4. The molecule has 0 aliphatic heterocycles. The predicted molar refractivity (Wildman–Crippen MR) is 64.0 cm³/mol. The van der Waals surface area contributed by atoms with E-state index in [2.05, 4.69) is 0 Å². The van der Waals surface area contributed by atoms with Gasteiger partial charge >= 0.3 is 5.97 Å². The molecule has 2 N–H and O–H groups in total. The van der Waals surface area contributed by atoms with Crippen LogP contribution in [-0.2, 0) is 14.4 Å². The lowest BCUT2D eigenvalue weighted by atomic mass is 9.84. The maximum atomic E-state index is 12.0. The number of aliphatic hydroxyl groups excluding tert-OH is 1. The summed E-state index contributed by atoms with van der Waals surface area (Å²) >= 11 is 0. The largest absolute Gasteiger partial charge is 0.479 e. The number of carboxylic acid groups (broad SMARTS) is 1. The number of ketones is 2. The molecule has 0 saturated carbocycles. The molecule has 98 valence electrons. The molecular formula is C13H16O5. The summed E-state index contributed by atoms with van der Waals surface area (Å²) in [5, 5.41) is 17.7. The number of hydrogen-bond donors (Lipinski definition) is 2. The Balaban J connectivity index is 2.92. The lowest BCUT2D eigenvalue weighted by Gasteiger charge is -2.18. The molecule has 0 fully saturated rings. The van der Waals surface area contributed by atoms with Crippen LogP contribution in [0.15, 0.2) is 22.3 Å². The molecule has 0 unspecified atom stereocenters. The first-order valence-corrected chi connectivity index (χ1v) is 5.64. The van der Waals surface area contributed by atoms with E-state index in [0.717, 1.165) is 0 Å². The number of hydrogen-bond acceptors (Lipinski definition) is 4. The van der Waals surface area contributed by atoms with Crippen molar-refractivity contribution in [2.75, 3.05) is 0 Å². The van der Waals surface area contributed by atoms with Crippen LogP contribution in [0.3, 0.4) is 0 Å². The molecule has 1 aliphatic carbocycles. The number of aliphatic hydroxyl groups is 1. The van der Waals surface area contributed by atoms with Crippen LogP contribution < -0.4 is 0 Å². The summed E-state index contributed by atoms with van der Waals surface area (Å²) in [6.45, 7) is 4.73. The van der Waals surface area contributed by atoms with Crippen LogP contribution in [-0.4, -0.2) is 33.9 Å². The molecule has 0 bridgehead atoms. The van der Waals surface area contributed by atoms with E-state index in [1.165, 1.54) is 0 Å². The minimum Gasteiger partial charge on any atom is -0.479 e. The van der Waals surface area contributed by atoms with Gasteiger partial charge in [0.2, 0.25) is 0 Å². The monoisotopic (exact) mass is 252 g/mol. The molecule has 5 heteroatoms. The summed E-state index contributed by atoms with van der Waals surface area (Å²) in [5.41, 5.74) is 1.48. The van der Waals surface area contributed by atoms with Gasteiger partial charge in [-0.15, -0.1) is 0 Å². The van der Waals surface area contributed by atoms with Gasteiger partial charge in [0.1, 0.15) is 0 Å². The summed E-state index contributed by atoms with van der Waals surface area (Å²) in [5.74, 6) is -1.75. The van der Waals surface area contributed by atoms with Gasteiger partial charge in [-0.3, -0.25) is 9.59 Å². The molecule has 1 atom stereocenters. The lowest BCUT2D eigenvalue weighted by Crippen LogP contribution is -2.24. The second-order valence-electron chi connectivity index (χ2n) is 4.40. The molecule has 18 heavy (non-hydrogen) atoms. The van der Waals surface area contributed by atoms with Crippen LogP contribution in [0.4, 0.5) is 0 Å². The van der Waals surface area contributed by atoms with Gasteiger partial charge in [-0.25, -0.2) is 4.79 Å². The average Bonchev–Trinajstić information content (AvgIpc) is 2.33. The first-order valence-electron chi connectivity index (χ1n) is 5.64. The Labute approximate surface area is 105 Å². The third-order valence-corrected chi connectivity index (χ3v) is 3.26. The van der Waals surface area contributed by atoms with Crippen molar-refractivity contribution in [2.24, 2.45) is 0 Å². The van der Waals surface area contributed by atoms with E-state index < -0.39 is 12.1 Å². The fourth-order valence-corrected chi connectivity index (χ4v) is 1.86. The number of Topliss-reactive ketones (excluding diaryl/α,β-unsaturated/α-hetero) is 2. The van der Waals surface area contributed by atoms with Crippen molar-refractivity contribution in [3.05, 3.63) is 22.3 Å². The molecular weight excluding hydrogens is 236 g/mol. The Hall–Kier alpha value is -1.75. The second kappa shape index (κ2) is 5.27. The van der Waals surface area contributed by atoms with Gasteiger partial charge in [0.05, 0.1) is 0 Å². The number of carboxylic acids is 1. The Morgan fingerprint density at radius 3 is 2.06 bits per heavy atom. The van der Waals surface area contributed by atoms with Gasteiger partial charge in [-0.05, 0) is 33.6 Å². The highest BCUT2D eigenvalue weighted by atomic mass is 16.4. The summed E-state index contributed by atoms with van der Waals surface area (Å²) in [6, 6.07) is 0. The van der Waals surface area contributed by atoms with Crippen LogP contribution in [0.25, 0.3) is 0 Å². The standard InChI is InChI=1S/C13H16O5/c1-6-7(2)12(16)9(8(3)11(6)15)4-5-10(14)13(17)18/h10,14H,4-5H2,1-3H3,(H,17,18)/t10-/m1/s1. The van der Waals surface area contributed by atoms with Gasteiger partial charge in [0.25, 0.3) is 0 Å². The number of rotatable bonds is 4. The normalized spacial score (nSPS) is 18.4. The SMILES string of the molecule is CC1=C(C)C(=O)C(CC[C@@H](O)C(=O)O)=C(C)C1=O. The van der Waals surface area contributed by atoms with Gasteiger partial charge in [-0.2, -0.15) is 0 Å². The number of carbonyl (C=O) groups excluding carboxylic acids is 2. The molecule has 0 aromatic carbocycles. The predicted octanol–water partition coefficient (Wildman–Crippen LogP) is 1.02. The van der Waals surface area contributed by atoms with E-state index >= 15 is 0 Å². The van der Waals surface area contributed by atoms with E-state index in [-0.39, 0.29) is 24.4 Å².